The first kappa shape index (κ1) is 17.6. The van der Waals surface area contributed by atoms with E-state index in [0.717, 1.165) is 31.6 Å². The van der Waals surface area contributed by atoms with Crippen molar-refractivity contribution in [1.29, 1.82) is 0 Å². The molecule has 0 bridgehead atoms. The number of piperidine rings is 1. The van der Waals surface area contributed by atoms with Crippen LogP contribution >= 0.6 is 11.3 Å². The number of benzene rings is 1. The van der Waals surface area contributed by atoms with Crippen LogP contribution < -0.4 is 0 Å². The van der Waals surface area contributed by atoms with Crippen LogP contribution in [0.1, 0.15) is 39.5 Å². The van der Waals surface area contributed by atoms with E-state index in [1.54, 1.807) is 6.07 Å². The summed E-state index contributed by atoms with van der Waals surface area (Å²) in [4.78, 5) is 17.3. The van der Waals surface area contributed by atoms with E-state index in [4.69, 9.17) is 9.26 Å². The van der Waals surface area contributed by atoms with Crippen molar-refractivity contribution in [2.45, 2.75) is 31.8 Å². The summed E-state index contributed by atoms with van der Waals surface area (Å²) in [7, 11) is 0. The molecule has 0 radical (unpaired) electrons. The number of aromatic nitrogens is 1. The van der Waals surface area contributed by atoms with Crippen LogP contribution in [0.5, 0.6) is 0 Å². The third kappa shape index (κ3) is 2.97. The molecule has 2 aromatic heterocycles. The smallest absolute Gasteiger partial charge is 0.292 e. The Morgan fingerprint density at radius 3 is 2.68 bits per heavy atom. The van der Waals surface area contributed by atoms with Gasteiger partial charge in [-0.25, -0.2) is 0 Å². The van der Waals surface area contributed by atoms with Crippen LogP contribution in [0.3, 0.4) is 0 Å². The summed E-state index contributed by atoms with van der Waals surface area (Å²) >= 11 is 1.88. The van der Waals surface area contributed by atoms with Crippen LogP contribution in [-0.4, -0.2) is 35.7 Å². The number of likely N-dealkylation sites (tertiary alicyclic amines) is 1. The second-order valence-corrected chi connectivity index (χ2v) is 8.67. The zero-order valence-corrected chi connectivity index (χ0v) is 16.6. The van der Waals surface area contributed by atoms with E-state index in [1.807, 2.05) is 29.2 Å². The van der Waals surface area contributed by atoms with E-state index >= 15 is 0 Å². The first-order valence-electron chi connectivity index (χ1n) is 9.70. The van der Waals surface area contributed by atoms with Gasteiger partial charge in [0.1, 0.15) is 0 Å². The third-order valence-corrected chi connectivity index (χ3v) is 7.01. The Kier molecular flexibility index (Phi) is 4.33. The number of thiophene rings is 1. The van der Waals surface area contributed by atoms with Crippen molar-refractivity contribution < 1.29 is 14.1 Å². The third-order valence-electron chi connectivity index (χ3n) is 5.76. The normalized spacial score (nSPS) is 18.2. The second kappa shape index (κ2) is 6.87. The van der Waals surface area contributed by atoms with Gasteiger partial charge in [0.2, 0.25) is 5.76 Å². The minimum absolute atomic E-state index is 0.0817. The molecule has 0 N–H and O–H groups in total. The van der Waals surface area contributed by atoms with Gasteiger partial charge in [-0.1, -0.05) is 35.5 Å². The van der Waals surface area contributed by atoms with Gasteiger partial charge in [-0.3, -0.25) is 4.79 Å². The number of aryl methyl sites for hydroxylation is 1. The van der Waals surface area contributed by atoms with E-state index in [9.17, 15) is 4.79 Å². The number of amides is 1. The van der Waals surface area contributed by atoms with Crippen molar-refractivity contribution in [3.8, 4) is 10.4 Å². The standard InChI is InChI=1S/C22H22N2O3S/c1-15-13-18(27-23-15)21(25)24-10-8-22(9-11-24)17-14-20(16-5-3-2-4-6-16)28-19(17)7-12-26-22/h2-6,13-14H,7-12H2,1H3. The highest BCUT2D eigenvalue weighted by atomic mass is 32.1. The Morgan fingerprint density at radius 1 is 1.18 bits per heavy atom. The molecule has 4 heterocycles. The first-order chi connectivity index (χ1) is 13.6. The van der Waals surface area contributed by atoms with Crippen LogP contribution in [0.2, 0.25) is 0 Å². The first-order valence-corrected chi connectivity index (χ1v) is 10.5. The molecule has 28 heavy (non-hydrogen) atoms. The molecular formula is C22H22N2O3S. The number of hydrogen-bond donors (Lipinski definition) is 0. The molecule has 1 amide bonds. The zero-order valence-electron chi connectivity index (χ0n) is 15.8. The fourth-order valence-corrected chi connectivity index (χ4v) is 5.50. The summed E-state index contributed by atoms with van der Waals surface area (Å²) < 4.78 is 11.5. The van der Waals surface area contributed by atoms with Gasteiger partial charge in [0.25, 0.3) is 5.91 Å². The lowest BCUT2D eigenvalue weighted by Gasteiger charge is -2.43. The Bertz CT molecular complexity index is 1000. The monoisotopic (exact) mass is 394 g/mol. The molecule has 5 nitrogen and oxygen atoms in total. The Labute approximate surface area is 167 Å². The van der Waals surface area contributed by atoms with Crippen molar-refractivity contribution >= 4 is 17.2 Å². The van der Waals surface area contributed by atoms with Crippen molar-refractivity contribution in [3.63, 3.8) is 0 Å². The second-order valence-electron chi connectivity index (χ2n) is 7.53. The molecule has 144 valence electrons. The minimum atomic E-state index is -0.273. The lowest BCUT2D eigenvalue weighted by Crippen LogP contribution is -2.48. The van der Waals surface area contributed by atoms with Gasteiger partial charge >= 0.3 is 0 Å². The van der Waals surface area contributed by atoms with Gasteiger partial charge in [-0.2, -0.15) is 0 Å². The fraction of sp³-hybridized carbons (Fsp3) is 0.364. The number of carbonyl (C=O) groups is 1. The maximum Gasteiger partial charge on any atom is 0.292 e. The number of fused-ring (bicyclic) bond motifs is 2. The highest BCUT2D eigenvalue weighted by Gasteiger charge is 2.43. The molecule has 0 aliphatic carbocycles. The fourth-order valence-electron chi connectivity index (χ4n) is 4.27. The van der Waals surface area contributed by atoms with E-state index in [1.165, 1.54) is 20.9 Å². The van der Waals surface area contributed by atoms with Crippen molar-refractivity contribution in [2.75, 3.05) is 19.7 Å². The predicted molar refractivity (Wildman–Crippen MR) is 107 cm³/mol. The van der Waals surface area contributed by atoms with Crippen LogP contribution in [0.15, 0.2) is 47.0 Å². The SMILES string of the molecule is Cc1cc(C(=O)N2CCC3(CC2)OCCc2sc(-c4ccccc4)cc23)on1. The number of nitrogens with zero attached hydrogens (tertiary/aromatic N) is 2. The molecule has 0 saturated carbocycles. The Balaban J connectivity index is 1.38. The van der Waals surface area contributed by atoms with Gasteiger partial charge < -0.3 is 14.2 Å². The maximum absolute atomic E-state index is 12.7. The molecule has 1 spiro atoms. The number of rotatable bonds is 2. The topological polar surface area (TPSA) is 55.6 Å². The van der Waals surface area contributed by atoms with Crippen LogP contribution in [0, 0.1) is 6.92 Å². The van der Waals surface area contributed by atoms with Gasteiger partial charge in [0, 0.05) is 35.3 Å². The summed E-state index contributed by atoms with van der Waals surface area (Å²) in [6.07, 6.45) is 2.59. The molecule has 1 saturated heterocycles. The predicted octanol–water partition coefficient (Wildman–Crippen LogP) is 4.42. The van der Waals surface area contributed by atoms with Crippen molar-refractivity contribution in [2.24, 2.45) is 0 Å². The molecule has 1 aromatic carbocycles. The lowest BCUT2D eigenvalue weighted by molar-refractivity contribution is -0.0928. The summed E-state index contributed by atoms with van der Waals surface area (Å²) in [5, 5.41) is 3.83. The van der Waals surface area contributed by atoms with E-state index in [0.29, 0.717) is 18.8 Å². The summed E-state index contributed by atoms with van der Waals surface area (Å²) in [6, 6.07) is 14.5. The number of carbonyl (C=O) groups excluding carboxylic acids is 1. The van der Waals surface area contributed by atoms with E-state index in [-0.39, 0.29) is 11.5 Å². The highest BCUT2D eigenvalue weighted by molar-refractivity contribution is 7.15. The summed E-state index contributed by atoms with van der Waals surface area (Å²) in [6.45, 7) is 3.89. The molecule has 2 aliphatic heterocycles. The van der Waals surface area contributed by atoms with Crippen LogP contribution in [0.25, 0.3) is 10.4 Å². The molecule has 0 unspecified atom stereocenters. The van der Waals surface area contributed by atoms with E-state index in [2.05, 4.69) is 35.5 Å². The average molecular weight is 394 g/mol. The summed E-state index contributed by atoms with van der Waals surface area (Å²) in [5.41, 5.74) is 3.03. The van der Waals surface area contributed by atoms with Gasteiger partial charge in [0.15, 0.2) is 0 Å². The van der Waals surface area contributed by atoms with Gasteiger partial charge in [0.05, 0.1) is 17.9 Å². The van der Waals surface area contributed by atoms with Crippen LogP contribution in [0.4, 0.5) is 0 Å². The molecule has 6 heteroatoms. The largest absolute Gasteiger partial charge is 0.370 e. The average Bonchev–Trinajstić information content (AvgIpc) is 3.36. The number of ether oxygens (including phenoxy) is 1. The van der Waals surface area contributed by atoms with Crippen LogP contribution in [-0.2, 0) is 16.8 Å². The maximum atomic E-state index is 12.7. The molecule has 0 atom stereocenters. The zero-order chi connectivity index (χ0) is 19.1. The molecule has 3 aromatic rings. The van der Waals surface area contributed by atoms with E-state index < -0.39 is 0 Å². The molecular weight excluding hydrogens is 372 g/mol. The molecule has 5 rings (SSSR count). The Hall–Kier alpha value is -2.44. The minimum Gasteiger partial charge on any atom is -0.370 e. The van der Waals surface area contributed by atoms with Crippen molar-refractivity contribution in [1.82, 2.24) is 10.1 Å². The molecule has 2 aliphatic rings. The quantitative estimate of drug-likeness (QED) is 0.646. The lowest BCUT2D eigenvalue weighted by atomic mass is 9.82. The van der Waals surface area contributed by atoms with Gasteiger partial charge in [-0.05, 0) is 37.0 Å². The number of hydrogen-bond acceptors (Lipinski definition) is 5. The van der Waals surface area contributed by atoms with Crippen molar-refractivity contribution in [3.05, 3.63) is 64.4 Å². The van der Waals surface area contributed by atoms with Gasteiger partial charge in [-0.15, -0.1) is 11.3 Å². The Morgan fingerprint density at radius 2 is 1.96 bits per heavy atom. The highest BCUT2D eigenvalue weighted by Crippen LogP contribution is 2.46. The molecule has 1 fully saturated rings. The summed E-state index contributed by atoms with van der Waals surface area (Å²) in [5.74, 6) is 0.238.